The zero-order valence-corrected chi connectivity index (χ0v) is 47.0. The van der Waals surface area contributed by atoms with E-state index in [0.29, 0.717) is 0 Å². The molecule has 3 aliphatic carbocycles. The molecule has 6 aromatic carbocycles. The normalized spacial score (nSPS) is 20.3. The van der Waals surface area contributed by atoms with E-state index < -0.39 is 8.80 Å². The first-order chi connectivity index (χ1) is 32.9. The van der Waals surface area contributed by atoms with Crippen molar-refractivity contribution in [3.8, 4) is 11.1 Å². The predicted octanol–water partition coefficient (Wildman–Crippen LogP) is 15.7. The van der Waals surface area contributed by atoms with Crippen LogP contribution in [0.15, 0.2) is 103 Å². The molecule has 0 saturated carbocycles. The highest BCUT2D eigenvalue weighted by Gasteiger charge is 2.49. The van der Waals surface area contributed by atoms with Crippen LogP contribution in [0.3, 0.4) is 0 Å². The second kappa shape index (κ2) is 15.1. The molecule has 7 aromatic rings. The Kier molecular flexibility index (Phi) is 9.98. The number of aryl methyl sites for hydroxylation is 1. The third-order valence-electron chi connectivity index (χ3n) is 18.9. The lowest BCUT2D eigenvalue weighted by Gasteiger charge is -2.48. The lowest BCUT2D eigenvalue weighted by molar-refractivity contribution is 0.332. The Bertz CT molecular complexity index is 3330. The van der Waals surface area contributed by atoms with Gasteiger partial charge in [0.1, 0.15) is 0 Å². The van der Waals surface area contributed by atoms with Crippen molar-refractivity contribution in [3.05, 3.63) is 142 Å². The lowest BCUT2D eigenvalue weighted by atomic mass is 9.35. The molecule has 0 fully saturated rings. The molecule has 2 nitrogen and oxygen atoms in total. The third-order valence-corrected chi connectivity index (χ3v) is 21.8. The number of benzene rings is 6. The summed E-state index contributed by atoms with van der Waals surface area (Å²) in [6, 6.07) is 42.3. The van der Waals surface area contributed by atoms with Crippen LogP contribution in [-0.4, -0.2) is 15.5 Å². The van der Waals surface area contributed by atoms with Crippen LogP contribution in [0.25, 0.3) is 21.2 Å². The number of hydrogen-bond donors (Lipinski definition) is 0. The Morgan fingerprint density at radius 2 is 0.957 bits per heavy atom. The van der Waals surface area contributed by atoms with Crippen LogP contribution in [0.2, 0.25) is 13.1 Å². The summed E-state index contributed by atoms with van der Waals surface area (Å²) in [5.41, 5.74) is 24.3. The largest absolute Gasteiger partial charge is 0.311 e. The highest BCUT2D eigenvalue weighted by atomic mass is 32.1. The van der Waals surface area contributed by atoms with E-state index in [1.54, 1.807) is 5.56 Å². The van der Waals surface area contributed by atoms with Crippen molar-refractivity contribution in [1.82, 2.24) is 0 Å². The van der Waals surface area contributed by atoms with Crippen LogP contribution in [0.4, 0.5) is 34.1 Å². The van der Waals surface area contributed by atoms with Gasteiger partial charge in [-0.15, -0.1) is 11.3 Å². The highest BCUT2D eigenvalue weighted by Crippen LogP contribution is 2.57. The maximum atomic E-state index is 2.78. The average Bonchev–Trinajstić information content (AvgIpc) is 3.68. The van der Waals surface area contributed by atoms with E-state index in [1.165, 1.54) is 148 Å². The van der Waals surface area contributed by atoms with Crippen LogP contribution >= 0.6 is 11.3 Å². The quantitative estimate of drug-likeness (QED) is 0.162. The fraction of sp³-hybridized carbons (Fsp3) is 0.415. The van der Waals surface area contributed by atoms with Gasteiger partial charge in [0.2, 0.25) is 0 Å². The molecule has 3 heterocycles. The first-order valence-corrected chi connectivity index (χ1v) is 30.5. The van der Waals surface area contributed by atoms with E-state index in [2.05, 4.69) is 227 Å². The monoisotopic (exact) mass is 955 g/mol. The number of thiophene rings is 1. The average molecular weight is 955 g/mol. The molecule has 5 heteroatoms. The Morgan fingerprint density at radius 1 is 0.486 bits per heavy atom. The standard InChI is InChI=1S/C65H75BN2SSi/c1-39-31-54-57-55(32-39)68(52-36-48-45(60(2,3)25-28-63(48,8)9)33-43(52)40-19-17-16-18-20-40)53-37-49-47(62(6,7)27-29-64(49,10)11)35-51(53)66(57)59-58(67(54)41-21-23-42(24-22-41)70(14)15)44-34-46-50(38-56(44)69-59)65(12,13)30-26-61(46,4)5/h16-24,31-38,70H,25-30H2,1-15H3. The van der Waals surface area contributed by atoms with E-state index in [4.69, 9.17) is 0 Å². The van der Waals surface area contributed by atoms with Gasteiger partial charge in [0, 0.05) is 43.2 Å². The zero-order chi connectivity index (χ0) is 49.4. The minimum Gasteiger partial charge on any atom is -0.311 e. The van der Waals surface area contributed by atoms with Crippen LogP contribution < -0.4 is 30.7 Å². The van der Waals surface area contributed by atoms with E-state index in [0.717, 1.165) is 0 Å². The molecule has 0 saturated heterocycles. The summed E-state index contributed by atoms with van der Waals surface area (Å²) in [7, 11) is -1.01. The van der Waals surface area contributed by atoms with Crippen LogP contribution in [0, 0.1) is 6.92 Å². The van der Waals surface area contributed by atoms with E-state index in [-0.39, 0.29) is 39.2 Å². The molecule has 0 radical (unpaired) electrons. The van der Waals surface area contributed by atoms with Crippen molar-refractivity contribution in [2.75, 3.05) is 9.80 Å². The molecule has 0 amide bonds. The molecular formula is C65H75BN2SSi. The zero-order valence-electron chi connectivity index (χ0n) is 45.0. The number of nitrogens with zero attached hydrogens (tertiary/aromatic N) is 2. The van der Waals surface area contributed by atoms with Gasteiger partial charge in [0.25, 0.3) is 6.71 Å². The van der Waals surface area contributed by atoms with Crippen molar-refractivity contribution >= 4 is 91.9 Å². The molecule has 1 aromatic heterocycles. The van der Waals surface area contributed by atoms with E-state index in [1.807, 2.05) is 0 Å². The maximum absolute atomic E-state index is 2.78. The molecule has 0 atom stereocenters. The number of anilines is 6. The summed E-state index contributed by atoms with van der Waals surface area (Å²) in [6.45, 7) is 37.3. The van der Waals surface area contributed by atoms with E-state index in [9.17, 15) is 0 Å². The maximum Gasteiger partial charge on any atom is 0.264 e. The molecule has 0 N–H and O–H groups in total. The van der Waals surface area contributed by atoms with Crippen molar-refractivity contribution in [2.24, 2.45) is 0 Å². The smallest absolute Gasteiger partial charge is 0.264 e. The number of fused-ring (bicyclic) bond motifs is 9. The summed E-state index contributed by atoms with van der Waals surface area (Å²) >= 11 is 2.09. The fourth-order valence-corrected chi connectivity index (χ4v) is 16.2. The van der Waals surface area contributed by atoms with Crippen LogP contribution in [-0.2, 0) is 32.5 Å². The molecule has 358 valence electrons. The van der Waals surface area contributed by atoms with Gasteiger partial charge in [-0.05, 0) is 188 Å². The van der Waals surface area contributed by atoms with Crippen molar-refractivity contribution in [1.29, 1.82) is 0 Å². The van der Waals surface area contributed by atoms with Crippen LogP contribution in [0.1, 0.15) is 161 Å². The molecule has 70 heavy (non-hydrogen) atoms. The predicted molar refractivity (Wildman–Crippen MR) is 310 cm³/mol. The lowest BCUT2D eigenvalue weighted by Crippen LogP contribution is -2.61. The van der Waals surface area contributed by atoms with Gasteiger partial charge in [-0.1, -0.05) is 150 Å². The Morgan fingerprint density at radius 3 is 1.50 bits per heavy atom. The molecule has 2 aliphatic heterocycles. The third kappa shape index (κ3) is 6.75. The molecule has 12 rings (SSSR count). The first-order valence-electron chi connectivity index (χ1n) is 26.8. The number of hydrogen-bond acceptors (Lipinski definition) is 3. The van der Waals surface area contributed by atoms with Gasteiger partial charge in [0.05, 0.1) is 20.2 Å². The van der Waals surface area contributed by atoms with Crippen molar-refractivity contribution in [3.63, 3.8) is 0 Å². The topological polar surface area (TPSA) is 6.48 Å². The van der Waals surface area contributed by atoms with Gasteiger partial charge >= 0.3 is 0 Å². The van der Waals surface area contributed by atoms with Gasteiger partial charge in [-0.25, -0.2) is 0 Å². The van der Waals surface area contributed by atoms with Crippen molar-refractivity contribution < 1.29 is 0 Å². The van der Waals surface area contributed by atoms with Gasteiger partial charge in [0.15, 0.2) is 0 Å². The second-order valence-electron chi connectivity index (χ2n) is 26.8. The van der Waals surface area contributed by atoms with Gasteiger partial charge in [-0.3, -0.25) is 0 Å². The summed E-state index contributed by atoms with van der Waals surface area (Å²) < 4.78 is 2.91. The molecule has 0 spiro atoms. The number of rotatable bonds is 4. The minimum absolute atomic E-state index is 0.0416. The minimum atomic E-state index is -1.01. The Hall–Kier alpha value is -4.84. The summed E-state index contributed by atoms with van der Waals surface area (Å²) in [6.07, 6.45) is 7.13. The molecule has 0 bridgehead atoms. The second-order valence-corrected chi connectivity index (χ2v) is 30.9. The van der Waals surface area contributed by atoms with Crippen molar-refractivity contribution in [2.45, 2.75) is 174 Å². The molecular weight excluding hydrogens is 880 g/mol. The van der Waals surface area contributed by atoms with Gasteiger partial charge in [-0.2, -0.15) is 0 Å². The fourth-order valence-electron chi connectivity index (χ4n) is 13.9. The molecule has 5 aliphatic rings. The summed E-state index contributed by atoms with van der Waals surface area (Å²) in [5, 5.41) is 2.93. The van der Waals surface area contributed by atoms with Crippen LogP contribution in [0.5, 0.6) is 0 Å². The SMILES string of the molecule is Cc1cc2c3c(c1)N(c1ccc([SiH](C)C)cc1)c1c(sc4cc5c(cc14)C(C)(C)CCC5(C)C)B3c1cc3c(cc1N2c1cc2c(cc1-c1ccccc1)C(C)(C)CCC2(C)C)C(C)(C)CCC3(C)C. The summed E-state index contributed by atoms with van der Waals surface area (Å²) in [4.78, 5) is 5.50. The van der Waals surface area contributed by atoms with E-state index >= 15 is 0 Å². The first kappa shape index (κ1) is 46.2. The van der Waals surface area contributed by atoms with Gasteiger partial charge < -0.3 is 9.80 Å². The Balaban J connectivity index is 1.24. The summed E-state index contributed by atoms with van der Waals surface area (Å²) in [5.74, 6) is 0. The molecule has 0 unspecified atom stereocenters. The highest BCUT2D eigenvalue weighted by molar-refractivity contribution is 7.33. The Labute approximate surface area is 426 Å².